The number of nitrogens with two attached hydrogens (primary N) is 1. The molecule has 1 aromatic rings. The number of halogens is 1. The minimum absolute atomic E-state index is 0.0163. The van der Waals surface area contributed by atoms with Crippen molar-refractivity contribution >= 4 is 33.2 Å². The van der Waals surface area contributed by atoms with Crippen LogP contribution in [0.2, 0.25) is 5.02 Å². The molecule has 2 rings (SSSR count). The van der Waals surface area contributed by atoms with E-state index in [4.69, 9.17) is 17.3 Å². The van der Waals surface area contributed by atoms with Crippen molar-refractivity contribution in [3.05, 3.63) is 22.7 Å². The van der Waals surface area contributed by atoms with Crippen LogP contribution in [0.1, 0.15) is 18.4 Å². The number of rotatable bonds is 6. The quantitative estimate of drug-likeness (QED) is 0.535. The fourth-order valence-corrected chi connectivity index (χ4v) is 3.51. The third-order valence-electron chi connectivity index (χ3n) is 3.32. The van der Waals surface area contributed by atoms with Gasteiger partial charge in [-0.3, -0.25) is 4.79 Å². The van der Waals surface area contributed by atoms with Crippen LogP contribution in [0.5, 0.6) is 0 Å². The zero-order chi connectivity index (χ0) is 15.6. The average Bonchev–Trinajstić information content (AvgIpc) is 3.23. The summed E-state index contributed by atoms with van der Waals surface area (Å²) in [6, 6.07) is 2.87. The molecule has 0 aromatic heterocycles. The third kappa shape index (κ3) is 4.09. The van der Waals surface area contributed by atoms with E-state index in [1.807, 2.05) is 0 Å². The standard InChI is InChI=1S/C13H18ClN3O3S/c1-8-11(15)6-10(14)7-12(8)21(19,20)17-5-4-16-13(18)9-2-3-9/h6-7,9,17H,2-5,15H2,1H3,(H,16,18). The Morgan fingerprint density at radius 1 is 1.38 bits per heavy atom. The molecule has 116 valence electrons. The molecule has 1 aromatic carbocycles. The van der Waals surface area contributed by atoms with Gasteiger partial charge in [0.05, 0.1) is 4.90 Å². The van der Waals surface area contributed by atoms with E-state index in [0.717, 1.165) is 12.8 Å². The summed E-state index contributed by atoms with van der Waals surface area (Å²) in [7, 11) is -3.70. The van der Waals surface area contributed by atoms with Crippen molar-refractivity contribution in [1.82, 2.24) is 10.0 Å². The third-order valence-corrected chi connectivity index (χ3v) is 5.12. The second kappa shape index (κ2) is 6.21. The van der Waals surface area contributed by atoms with Crippen molar-refractivity contribution in [2.45, 2.75) is 24.7 Å². The molecule has 1 saturated carbocycles. The van der Waals surface area contributed by atoms with Crippen molar-refractivity contribution in [1.29, 1.82) is 0 Å². The molecule has 0 bridgehead atoms. The van der Waals surface area contributed by atoms with Crippen LogP contribution in [0.3, 0.4) is 0 Å². The lowest BCUT2D eigenvalue weighted by atomic mass is 10.2. The summed E-state index contributed by atoms with van der Waals surface area (Å²) in [6.45, 7) is 1.99. The number of sulfonamides is 1. The Labute approximate surface area is 129 Å². The molecule has 4 N–H and O–H groups in total. The van der Waals surface area contributed by atoms with E-state index in [2.05, 4.69) is 10.0 Å². The van der Waals surface area contributed by atoms with Gasteiger partial charge in [0, 0.05) is 29.7 Å². The summed E-state index contributed by atoms with van der Waals surface area (Å²) in [6.07, 6.45) is 1.83. The number of hydrogen-bond acceptors (Lipinski definition) is 4. The molecule has 6 nitrogen and oxygen atoms in total. The Balaban J connectivity index is 1.96. The van der Waals surface area contributed by atoms with E-state index in [1.54, 1.807) is 6.92 Å². The lowest BCUT2D eigenvalue weighted by molar-refractivity contribution is -0.122. The van der Waals surface area contributed by atoms with Gasteiger partial charge in [-0.25, -0.2) is 13.1 Å². The van der Waals surface area contributed by atoms with Gasteiger partial charge >= 0.3 is 0 Å². The zero-order valence-electron chi connectivity index (χ0n) is 11.6. The van der Waals surface area contributed by atoms with Gasteiger partial charge in [0.1, 0.15) is 0 Å². The van der Waals surface area contributed by atoms with Crippen molar-refractivity contribution in [2.75, 3.05) is 18.8 Å². The van der Waals surface area contributed by atoms with Crippen LogP contribution in [-0.4, -0.2) is 27.4 Å². The van der Waals surface area contributed by atoms with Gasteiger partial charge in [-0.2, -0.15) is 0 Å². The Morgan fingerprint density at radius 3 is 2.67 bits per heavy atom. The van der Waals surface area contributed by atoms with Gasteiger partial charge in [0.25, 0.3) is 0 Å². The second-order valence-corrected chi connectivity index (χ2v) is 7.25. The number of benzene rings is 1. The molecule has 1 amide bonds. The summed E-state index contributed by atoms with van der Waals surface area (Å²) in [5.41, 5.74) is 6.50. The highest BCUT2D eigenvalue weighted by molar-refractivity contribution is 7.89. The Morgan fingerprint density at radius 2 is 2.05 bits per heavy atom. The van der Waals surface area contributed by atoms with Crippen LogP contribution >= 0.6 is 11.6 Å². The molecule has 0 unspecified atom stereocenters. The Bertz CT molecular complexity index is 657. The molecule has 0 heterocycles. The molecular weight excluding hydrogens is 314 g/mol. The van der Waals surface area contributed by atoms with E-state index in [9.17, 15) is 13.2 Å². The van der Waals surface area contributed by atoms with Crippen molar-refractivity contribution in [2.24, 2.45) is 5.92 Å². The fraction of sp³-hybridized carbons (Fsp3) is 0.462. The van der Waals surface area contributed by atoms with E-state index in [-0.39, 0.29) is 34.8 Å². The van der Waals surface area contributed by atoms with Crippen molar-refractivity contribution in [3.63, 3.8) is 0 Å². The number of carbonyl (C=O) groups is 1. The number of nitrogens with one attached hydrogen (secondary N) is 2. The van der Waals surface area contributed by atoms with Gasteiger partial charge in [-0.1, -0.05) is 11.6 Å². The molecular formula is C13H18ClN3O3S. The highest BCUT2D eigenvalue weighted by atomic mass is 35.5. The van der Waals surface area contributed by atoms with Crippen molar-refractivity contribution < 1.29 is 13.2 Å². The van der Waals surface area contributed by atoms with Crippen molar-refractivity contribution in [3.8, 4) is 0 Å². The molecule has 1 aliphatic rings. The maximum absolute atomic E-state index is 12.2. The largest absolute Gasteiger partial charge is 0.398 e. The van der Waals surface area contributed by atoms with Crippen LogP contribution in [0.25, 0.3) is 0 Å². The lowest BCUT2D eigenvalue weighted by Crippen LogP contribution is -2.35. The predicted octanol–water partition coefficient (Wildman–Crippen LogP) is 1.04. The van der Waals surface area contributed by atoms with E-state index < -0.39 is 10.0 Å². The van der Waals surface area contributed by atoms with Crippen LogP contribution in [0.15, 0.2) is 17.0 Å². The van der Waals surface area contributed by atoms with Crippen LogP contribution in [0.4, 0.5) is 5.69 Å². The average molecular weight is 332 g/mol. The summed E-state index contributed by atoms with van der Waals surface area (Å²) < 4.78 is 26.8. The molecule has 0 spiro atoms. The highest BCUT2D eigenvalue weighted by Crippen LogP contribution is 2.28. The maximum Gasteiger partial charge on any atom is 0.241 e. The van der Waals surface area contributed by atoms with E-state index >= 15 is 0 Å². The molecule has 0 aliphatic heterocycles. The maximum atomic E-state index is 12.2. The minimum Gasteiger partial charge on any atom is -0.398 e. The molecule has 8 heteroatoms. The first kappa shape index (κ1) is 16.1. The van der Waals surface area contributed by atoms with Gasteiger partial charge < -0.3 is 11.1 Å². The zero-order valence-corrected chi connectivity index (χ0v) is 13.2. The van der Waals surface area contributed by atoms with Crippen LogP contribution < -0.4 is 15.8 Å². The SMILES string of the molecule is Cc1c(N)cc(Cl)cc1S(=O)(=O)NCCNC(=O)C1CC1. The molecule has 1 fully saturated rings. The molecule has 0 radical (unpaired) electrons. The van der Waals surface area contributed by atoms with Gasteiger partial charge in [-0.15, -0.1) is 0 Å². The first-order valence-corrected chi connectivity index (χ1v) is 8.50. The first-order valence-electron chi connectivity index (χ1n) is 6.64. The molecule has 0 saturated heterocycles. The Hall–Kier alpha value is -1.31. The smallest absolute Gasteiger partial charge is 0.241 e. The topological polar surface area (TPSA) is 101 Å². The minimum atomic E-state index is -3.70. The summed E-state index contributed by atoms with van der Waals surface area (Å²) in [4.78, 5) is 11.5. The fourth-order valence-electron chi connectivity index (χ4n) is 1.89. The Kier molecular flexibility index (Phi) is 4.75. The van der Waals surface area contributed by atoms with Gasteiger partial charge in [0.2, 0.25) is 15.9 Å². The number of amides is 1. The number of carbonyl (C=O) groups excluding carboxylic acids is 1. The monoisotopic (exact) mass is 331 g/mol. The first-order chi connectivity index (χ1) is 9.81. The summed E-state index contributed by atoms with van der Waals surface area (Å²) in [5.74, 6) is 0.0916. The van der Waals surface area contributed by atoms with Crippen LogP contribution in [0, 0.1) is 12.8 Å². The lowest BCUT2D eigenvalue weighted by Gasteiger charge is -2.12. The summed E-state index contributed by atoms with van der Waals surface area (Å²) >= 11 is 5.84. The van der Waals surface area contributed by atoms with E-state index in [1.165, 1.54) is 12.1 Å². The molecule has 0 atom stereocenters. The number of hydrogen-bond donors (Lipinski definition) is 3. The summed E-state index contributed by atoms with van der Waals surface area (Å²) in [5, 5.41) is 2.95. The highest BCUT2D eigenvalue weighted by Gasteiger charge is 2.29. The van der Waals surface area contributed by atoms with Crippen LogP contribution in [-0.2, 0) is 14.8 Å². The van der Waals surface area contributed by atoms with Gasteiger partial charge in [0.15, 0.2) is 0 Å². The second-order valence-electron chi connectivity index (χ2n) is 5.08. The number of nitrogen functional groups attached to an aromatic ring is 1. The molecule has 1 aliphatic carbocycles. The van der Waals surface area contributed by atoms with E-state index in [0.29, 0.717) is 11.3 Å². The normalized spacial score (nSPS) is 15.0. The predicted molar refractivity (Wildman–Crippen MR) is 81.5 cm³/mol. The molecule has 21 heavy (non-hydrogen) atoms. The van der Waals surface area contributed by atoms with Gasteiger partial charge in [-0.05, 0) is 37.5 Å². The number of anilines is 1.